The van der Waals surface area contributed by atoms with E-state index in [1.54, 1.807) is 25.4 Å². The molecule has 32 heavy (non-hydrogen) atoms. The molecule has 0 aliphatic heterocycles. The van der Waals surface area contributed by atoms with Gasteiger partial charge < -0.3 is 14.3 Å². The van der Waals surface area contributed by atoms with E-state index in [-0.39, 0.29) is 0 Å². The Hall–Kier alpha value is -3.90. The van der Waals surface area contributed by atoms with Crippen LogP contribution in [0.2, 0.25) is 0 Å². The average Bonchev–Trinajstić information content (AvgIpc) is 3.31. The molecule has 4 aromatic rings. The third-order valence-electron chi connectivity index (χ3n) is 4.89. The number of hydrogen-bond acceptors (Lipinski definition) is 5. The molecule has 0 radical (unpaired) electrons. The van der Waals surface area contributed by atoms with Crippen LogP contribution in [-0.4, -0.2) is 26.8 Å². The molecule has 0 bridgehead atoms. The summed E-state index contributed by atoms with van der Waals surface area (Å²) in [5, 5.41) is 12.9. The third-order valence-corrected chi connectivity index (χ3v) is 4.89. The molecule has 9 heteroatoms. The van der Waals surface area contributed by atoms with Crippen molar-refractivity contribution in [2.45, 2.75) is 25.9 Å². The number of aliphatic hydroxyl groups excluding tert-OH is 1. The van der Waals surface area contributed by atoms with Crippen molar-refractivity contribution in [1.82, 2.24) is 15.1 Å². The van der Waals surface area contributed by atoms with Crippen molar-refractivity contribution in [3.05, 3.63) is 64.2 Å². The number of halogens is 1. The van der Waals surface area contributed by atoms with Gasteiger partial charge in [-0.15, -0.1) is 4.68 Å². The number of rotatable bonds is 6. The Morgan fingerprint density at radius 3 is 3.03 bits per heavy atom. The van der Waals surface area contributed by atoms with Gasteiger partial charge in [-0.1, -0.05) is 11.8 Å². The van der Waals surface area contributed by atoms with Gasteiger partial charge in [-0.3, -0.25) is 4.98 Å². The zero-order chi connectivity index (χ0) is 22.7. The summed E-state index contributed by atoms with van der Waals surface area (Å²) in [6.45, 7) is 1.96. The Balaban J connectivity index is 1.41. The Labute approximate surface area is 182 Å². The van der Waals surface area contributed by atoms with Crippen molar-refractivity contribution in [2.75, 3.05) is 6.61 Å². The molecule has 1 unspecified atom stereocenters. The first-order valence-corrected chi connectivity index (χ1v) is 10.1. The average molecular weight is 437 g/mol. The highest BCUT2D eigenvalue weighted by Crippen LogP contribution is 2.26. The zero-order valence-corrected chi connectivity index (χ0v) is 17.6. The summed E-state index contributed by atoms with van der Waals surface area (Å²) < 4.78 is 26.0. The summed E-state index contributed by atoms with van der Waals surface area (Å²) in [6, 6.07) is 5.84. The maximum atomic E-state index is 13.4. The predicted molar refractivity (Wildman–Crippen MR) is 114 cm³/mol. The van der Waals surface area contributed by atoms with E-state index in [0.717, 1.165) is 16.8 Å². The van der Waals surface area contributed by atoms with Crippen LogP contribution in [0.1, 0.15) is 37.0 Å². The second-order valence-electron chi connectivity index (χ2n) is 7.29. The second kappa shape index (κ2) is 9.08. The van der Waals surface area contributed by atoms with Gasteiger partial charge in [0.15, 0.2) is 18.3 Å². The number of ether oxygens (including phenoxy) is 1. The number of pyridine rings is 1. The monoisotopic (exact) mass is 437 g/mol. The molecule has 0 amide bonds. The Bertz CT molecular complexity index is 1370. The van der Waals surface area contributed by atoms with Crippen LogP contribution < -0.4 is 15.2 Å². The van der Waals surface area contributed by atoms with Crippen molar-refractivity contribution in [3.8, 4) is 28.8 Å². The van der Waals surface area contributed by atoms with Crippen molar-refractivity contribution < 1.29 is 23.3 Å². The molecule has 3 aromatic heterocycles. The van der Waals surface area contributed by atoms with Gasteiger partial charge in [-0.2, -0.15) is 5.10 Å². The van der Waals surface area contributed by atoms with E-state index < -0.39 is 17.7 Å². The number of oxazole rings is 1. The fourth-order valence-electron chi connectivity index (χ4n) is 3.36. The van der Waals surface area contributed by atoms with E-state index in [4.69, 9.17) is 9.15 Å². The minimum atomic E-state index is -0.818. The van der Waals surface area contributed by atoms with Crippen molar-refractivity contribution in [2.24, 2.45) is 7.05 Å². The van der Waals surface area contributed by atoms with Crippen LogP contribution in [0.4, 0.5) is 4.39 Å². The number of aryl methyl sites for hydroxylation is 1. The Kier molecular flexibility index (Phi) is 6.05. The fourth-order valence-corrected chi connectivity index (χ4v) is 3.36. The lowest BCUT2D eigenvalue weighted by Gasteiger charge is -2.13. The quantitative estimate of drug-likeness (QED) is 0.244. The van der Waals surface area contributed by atoms with Gasteiger partial charge in [0.2, 0.25) is 0 Å². The van der Waals surface area contributed by atoms with Gasteiger partial charge in [-0.05, 0) is 31.5 Å². The van der Waals surface area contributed by atoms with Crippen molar-refractivity contribution >= 4 is 11.2 Å². The first-order valence-electron chi connectivity index (χ1n) is 10.1. The standard InChI is InChI=1S/C23H21FN4O4/c1-14(29)18-11-17(24)7-8-19(18)31-9-5-3-4-6-15-13-26-28(2)21(15)16-10-20-22(25-12-16)27-23(30)32-20/h7-8,10-14,29H,3,5,9H2,1-2H3,(H,25,26,27,30)/p+1. The molecule has 0 saturated carbocycles. The van der Waals surface area contributed by atoms with Crippen LogP contribution in [0, 0.1) is 17.7 Å². The molecule has 1 atom stereocenters. The SMILES string of the molecule is CC(O)c1cc(F)ccc1OCCCC#Cc1c[nH][n+](C)c1-c1cnc2[nH]c(=O)oc2c1. The first-order chi connectivity index (χ1) is 15.4. The topological polar surface area (TPSA) is 108 Å². The smallest absolute Gasteiger partial charge is 0.418 e. The fraction of sp³-hybridized carbons (Fsp3) is 0.261. The van der Waals surface area contributed by atoms with E-state index in [1.807, 2.05) is 11.7 Å². The molecule has 0 aliphatic carbocycles. The molecule has 164 valence electrons. The van der Waals surface area contributed by atoms with Gasteiger partial charge in [0.05, 0.1) is 24.5 Å². The maximum Gasteiger partial charge on any atom is 0.418 e. The highest BCUT2D eigenvalue weighted by atomic mass is 19.1. The second-order valence-corrected chi connectivity index (χ2v) is 7.29. The molecule has 0 aliphatic rings. The third kappa shape index (κ3) is 4.55. The summed E-state index contributed by atoms with van der Waals surface area (Å²) in [6.07, 6.45) is 3.88. The van der Waals surface area contributed by atoms with Gasteiger partial charge in [0, 0.05) is 24.2 Å². The minimum Gasteiger partial charge on any atom is -0.493 e. The van der Waals surface area contributed by atoms with Gasteiger partial charge in [0.1, 0.15) is 17.1 Å². The molecule has 4 rings (SSSR count). The van der Waals surface area contributed by atoms with Crippen LogP contribution in [0.15, 0.2) is 45.9 Å². The number of nitrogens with one attached hydrogen (secondary N) is 2. The molecule has 1 aromatic carbocycles. The molecular formula is C23H22FN4O4+. The molecule has 0 fully saturated rings. The Morgan fingerprint density at radius 2 is 2.22 bits per heavy atom. The van der Waals surface area contributed by atoms with Gasteiger partial charge in [-0.25, -0.2) is 14.2 Å². The number of aliphatic hydroxyl groups is 1. The molecule has 8 nitrogen and oxygen atoms in total. The molecule has 3 N–H and O–H groups in total. The lowest BCUT2D eigenvalue weighted by Crippen LogP contribution is -2.32. The molecule has 0 spiro atoms. The van der Waals surface area contributed by atoms with E-state index in [1.165, 1.54) is 18.2 Å². The maximum absolute atomic E-state index is 13.4. The van der Waals surface area contributed by atoms with E-state index in [9.17, 15) is 14.3 Å². The number of unbranched alkanes of at least 4 members (excludes halogenated alkanes) is 1. The summed E-state index contributed by atoms with van der Waals surface area (Å²) in [5.41, 5.74) is 3.55. The number of nitrogens with zero attached hydrogens (tertiary/aromatic N) is 2. The normalized spacial score (nSPS) is 11.9. The Morgan fingerprint density at radius 1 is 1.38 bits per heavy atom. The summed E-state index contributed by atoms with van der Waals surface area (Å²) in [4.78, 5) is 18.1. The number of aromatic nitrogens is 4. The number of fused-ring (bicyclic) bond motifs is 1. The molecule has 3 heterocycles. The van der Waals surface area contributed by atoms with E-state index in [0.29, 0.717) is 42.0 Å². The van der Waals surface area contributed by atoms with Crippen LogP contribution in [0.3, 0.4) is 0 Å². The van der Waals surface area contributed by atoms with Crippen molar-refractivity contribution in [1.29, 1.82) is 0 Å². The van der Waals surface area contributed by atoms with Gasteiger partial charge >= 0.3 is 5.76 Å². The van der Waals surface area contributed by atoms with Crippen LogP contribution in [0.25, 0.3) is 22.5 Å². The number of H-pyrrole nitrogens is 2. The number of benzene rings is 1. The highest BCUT2D eigenvalue weighted by Gasteiger charge is 2.19. The summed E-state index contributed by atoms with van der Waals surface area (Å²) >= 11 is 0. The summed E-state index contributed by atoms with van der Waals surface area (Å²) in [7, 11) is 1.86. The van der Waals surface area contributed by atoms with Crippen molar-refractivity contribution in [3.63, 3.8) is 0 Å². The first kappa shape index (κ1) is 21.3. The van der Waals surface area contributed by atoms with E-state index >= 15 is 0 Å². The highest BCUT2D eigenvalue weighted by molar-refractivity contribution is 5.75. The van der Waals surface area contributed by atoms with Gasteiger partial charge in [0.25, 0.3) is 5.69 Å². The van der Waals surface area contributed by atoms with E-state index in [2.05, 4.69) is 26.9 Å². The van der Waals surface area contributed by atoms with Crippen LogP contribution in [0.5, 0.6) is 5.75 Å². The lowest BCUT2D eigenvalue weighted by molar-refractivity contribution is -0.716. The molecule has 0 saturated heterocycles. The molecular weight excluding hydrogens is 415 g/mol. The zero-order valence-electron chi connectivity index (χ0n) is 17.6. The largest absolute Gasteiger partial charge is 0.493 e. The minimum absolute atomic E-state index is 0.377. The van der Waals surface area contributed by atoms with Crippen LogP contribution >= 0.6 is 0 Å². The lowest BCUT2D eigenvalue weighted by atomic mass is 10.1. The number of aromatic amines is 2. The summed E-state index contributed by atoms with van der Waals surface area (Å²) in [5.74, 6) is 5.78. The van der Waals surface area contributed by atoms with Crippen LogP contribution in [-0.2, 0) is 7.05 Å². The number of hydrogen-bond donors (Lipinski definition) is 3. The predicted octanol–water partition coefficient (Wildman–Crippen LogP) is 2.74.